The molecule has 0 aliphatic carbocycles. The molecule has 9 nitrogen and oxygen atoms in total. The predicted molar refractivity (Wildman–Crippen MR) is 103 cm³/mol. The monoisotopic (exact) mass is 436 g/mol. The first-order valence-electron chi connectivity index (χ1n) is 7.76. The molecule has 12 heteroatoms. The number of carboxylic acids is 3. The Hall–Kier alpha value is -2.47. The van der Waals surface area contributed by atoms with E-state index in [1.165, 1.54) is 5.56 Å². The summed E-state index contributed by atoms with van der Waals surface area (Å²) in [5.41, 5.74) is 1.25. The third kappa shape index (κ3) is 12.8. The molecule has 0 aromatic heterocycles. The number of carboxylic acid groups (broad SMARTS) is 3. The summed E-state index contributed by atoms with van der Waals surface area (Å²) in [4.78, 5) is 42.7. The van der Waals surface area contributed by atoms with Crippen molar-refractivity contribution < 1.29 is 38.4 Å². The van der Waals surface area contributed by atoms with E-state index in [1.807, 2.05) is 22.8 Å². The van der Waals surface area contributed by atoms with E-state index in [0.717, 1.165) is 5.75 Å². The van der Waals surface area contributed by atoms with Crippen molar-refractivity contribution in [1.29, 1.82) is 0 Å². The highest BCUT2D eigenvalue weighted by Gasteiger charge is 2.20. The van der Waals surface area contributed by atoms with Crippen LogP contribution in [0.1, 0.15) is 18.4 Å². The first-order valence-corrected chi connectivity index (χ1v) is 9.87. The molecule has 1 aromatic rings. The number of carbonyl (C=O) groups is 4. The van der Waals surface area contributed by atoms with Crippen LogP contribution in [0.15, 0.2) is 29.2 Å². The molecule has 0 aliphatic rings. The van der Waals surface area contributed by atoms with Crippen molar-refractivity contribution in [3.8, 4) is 0 Å². The Morgan fingerprint density at radius 1 is 1.07 bits per heavy atom. The molecule has 1 aromatic carbocycles. The van der Waals surface area contributed by atoms with Crippen molar-refractivity contribution >= 4 is 47.8 Å². The van der Waals surface area contributed by atoms with E-state index < -0.39 is 42.9 Å². The van der Waals surface area contributed by atoms with Gasteiger partial charge < -0.3 is 26.0 Å². The van der Waals surface area contributed by atoms with Crippen LogP contribution in [-0.2, 0) is 20.1 Å². The van der Waals surface area contributed by atoms with Gasteiger partial charge in [-0.1, -0.05) is 12.1 Å². The summed E-state index contributed by atoms with van der Waals surface area (Å²) in [5.74, 6) is -2.87. The fraction of sp³-hybridized carbons (Fsp3) is 0.375. The van der Waals surface area contributed by atoms with Gasteiger partial charge in [-0.15, -0.1) is 0 Å². The number of urea groups is 1. The summed E-state index contributed by atoms with van der Waals surface area (Å²) >= 11 is 2.06. The highest BCUT2D eigenvalue weighted by Crippen LogP contribution is 2.19. The number of benzene rings is 1. The number of amides is 2. The van der Waals surface area contributed by atoms with Crippen LogP contribution in [0.4, 0.5) is 8.68 Å². The molecule has 0 heterocycles. The molecule has 0 fully saturated rings. The second-order valence-corrected chi connectivity index (χ2v) is 6.69. The Labute approximate surface area is 169 Å². The number of halogens is 1. The van der Waals surface area contributed by atoms with Gasteiger partial charge >= 0.3 is 23.9 Å². The quantitative estimate of drug-likeness (QED) is 0.371. The number of hydrogen-bond acceptors (Lipinski definition) is 6. The average molecular weight is 436 g/mol. The first-order chi connectivity index (χ1) is 13.2. The normalized spacial score (nSPS) is 10.8. The van der Waals surface area contributed by atoms with Crippen molar-refractivity contribution in [3.05, 3.63) is 29.8 Å². The zero-order chi connectivity index (χ0) is 21.5. The lowest BCUT2D eigenvalue weighted by Crippen LogP contribution is -2.47. The lowest BCUT2D eigenvalue weighted by atomic mass is 10.1. The summed E-state index contributed by atoms with van der Waals surface area (Å²) < 4.78 is 12.0. The zero-order valence-corrected chi connectivity index (χ0v) is 16.5. The zero-order valence-electron chi connectivity index (χ0n) is 14.9. The molecular formula is C16H21FN2O7S2. The maximum absolute atomic E-state index is 12.0. The molecule has 5 N–H and O–H groups in total. The second kappa shape index (κ2) is 14.6. The van der Waals surface area contributed by atoms with E-state index in [9.17, 15) is 23.1 Å². The number of aliphatic carboxylic acids is 3. The summed E-state index contributed by atoms with van der Waals surface area (Å²) in [5, 5.41) is 29.1. The molecule has 28 heavy (non-hydrogen) atoms. The Morgan fingerprint density at radius 2 is 1.68 bits per heavy atom. The highest BCUT2D eigenvalue weighted by molar-refractivity contribution is 7.97. The Morgan fingerprint density at radius 3 is 2.11 bits per heavy atom. The maximum Gasteiger partial charge on any atom is 0.326 e. The minimum Gasteiger partial charge on any atom is -0.481 e. The molecule has 0 spiro atoms. The van der Waals surface area contributed by atoms with Crippen molar-refractivity contribution in [2.24, 2.45) is 0 Å². The number of carbonyl (C=O) groups excluding carboxylic acids is 1. The van der Waals surface area contributed by atoms with Crippen LogP contribution < -0.4 is 10.6 Å². The van der Waals surface area contributed by atoms with Crippen molar-refractivity contribution in [1.82, 2.24) is 10.6 Å². The first kappa shape index (κ1) is 25.5. The Kier molecular flexibility index (Phi) is 13.3. The summed E-state index contributed by atoms with van der Waals surface area (Å²) in [6.07, 6.45) is 1.35. The summed E-state index contributed by atoms with van der Waals surface area (Å²) in [6, 6.07) is 5.16. The SMILES string of the molecule is CSCc1ccc(SF)cc1.O=C(O)CC[C@H](NC(=O)NCC(=O)O)C(=O)O. The van der Waals surface area contributed by atoms with Crippen LogP contribution in [0.2, 0.25) is 0 Å². The minimum absolute atomic E-state index is 0.287. The van der Waals surface area contributed by atoms with Crippen LogP contribution in [0, 0.1) is 0 Å². The number of rotatable bonds is 10. The summed E-state index contributed by atoms with van der Waals surface area (Å²) in [6.45, 7) is -0.656. The highest BCUT2D eigenvalue weighted by atomic mass is 32.2. The van der Waals surface area contributed by atoms with E-state index in [0.29, 0.717) is 4.90 Å². The van der Waals surface area contributed by atoms with Gasteiger partial charge in [0.05, 0.1) is 12.1 Å². The van der Waals surface area contributed by atoms with Gasteiger partial charge in [0.15, 0.2) is 0 Å². The molecule has 0 saturated carbocycles. The standard InChI is InChI=1S/C8H9FS2.C8H12N2O7/c1-10-6-7-2-4-8(11-9)5-3-7;11-5(12)2-1-4(7(15)16)10-8(17)9-3-6(13)14/h2-5H,6H2,1H3;4H,1-3H2,(H,11,12)(H,13,14)(H,15,16)(H2,9,10,17)/t;4-/m.0/s1. The van der Waals surface area contributed by atoms with E-state index in [4.69, 9.17) is 15.3 Å². The lowest BCUT2D eigenvalue weighted by molar-refractivity contribution is -0.140. The average Bonchev–Trinajstić information content (AvgIpc) is 2.64. The molecular weight excluding hydrogens is 415 g/mol. The number of hydrogen-bond donors (Lipinski definition) is 5. The van der Waals surface area contributed by atoms with Crippen LogP contribution in [-0.4, -0.2) is 58.1 Å². The van der Waals surface area contributed by atoms with Gasteiger partial charge in [-0.25, -0.2) is 9.59 Å². The third-order valence-electron chi connectivity index (χ3n) is 2.97. The van der Waals surface area contributed by atoms with Gasteiger partial charge in [0.2, 0.25) is 0 Å². The van der Waals surface area contributed by atoms with Gasteiger partial charge in [0.25, 0.3) is 0 Å². The van der Waals surface area contributed by atoms with Gasteiger partial charge in [-0.2, -0.15) is 15.6 Å². The molecule has 156 valence electrons. The maximum atomic E-state index is 12.0. The molecule has 1 rings (SSSR count). The minimum atomic E-state index is -1.39. The fourth-order valence-electron chi connectivity index (χ4n) is 1.69. The molecule has 0 aliphatic heterocycles. The van der Waals surface area contributed by atoms with Gasteiger partial charge in [0, 0.05) is 17.1 Å². The van der Waals surface area contributed by atoms with Gasteiger partial charge in [-0.3, -0.25) is 9.59 Å². The molecule has 0 radical (unpaired) electrons. The Bertz CT molecular complexity index is 659. The van der Waals surface area contributed by atoms with E-state index in [-0.39, 0.29) is 18.6 Å². The molecule has 2 amide bonds. The van der Waals surface area contributed by atoms with Crippen LogP contribution >= 0.6 is 23.9 Å². The van der Waals surface area contributed by atoms with Crippen molar-refractivity contribution in [2.75, 3.05) is 12.8 Å². The molecule has 0 bridgehead atoms. The molecule has 0 saturated heterocycles. The topological polar surface area (TPSA) is 153 Å². The number of nitrogens with one attached hydrogen (secondary N) is 2. The smallest absolute Gasteiger partial charge is 0.326 e. The number of thioether (sulfide) groups is 1. The third-order valence-corrected chi connectivity index (χ3v) is 4.05. The summed E-state index contributed by atoms with van der Waals surface area (Å²) in [7, 11) is 0. The van der Waals surface area contributed by atoms with Crippen molar-refractivity contribution in [2.45, 2.75) is 29.5 Å². The van der Waals surface area contributed by atoms with Crippen LogP contribution in [0.5, 0.6) is 0 Å². The van der Waals surface area contributed by atoms with Crippen LogP contribution in [0.25, 0.3) is 0 Å². The molecule has 0 unspecified atom stereocenters. The fourth-order valence-corrected chi connectivity index (χ4v) is 2.46. The predicted octanol–water partition coefficient (Wildman–Crippen LogP) is 2.21. The second-order valence-electron chi connectivity index (χ2n) is 5.20. The largest absolute Gasteiger partial charge is 0.481 e. The van der Waals surface area contributed by atoms with Gasteiger partial charge in [0.1, 0.15) is 12.6 Å². The van der Waals surface area contributed by atoms with E-state index in [1.54, 1.807) is 23.9 Å². The van der Waals surface area contributed by atoms with E-state index >= 15 is 0 Å². The van der Waals surface area contributed by atoms with Crippen molar-refractivity contribution in [3.63, 3.8) is 0 Å². The van der Waals surface area contributed by atoms with Gasteiger partial charge in [-0.05, 0) is 30.4 Å². The Balaban J connectivity index is 0.000000567. The van der Waals surface area contributed by atoms with Crippen LogP contribution in [0.3, 0.4) is 0 Å². The lowest BCUT2D eigenvalue weighted by Gasteiger charge is -2.13. The molecule has 1 atom stereocenters. The van der Waals surface area contributed by atoms with E-state index in [2.05, 4.69) is 6.26 Å².